The Hall–Kier alpha value is -2.61. The first kappa shape index (κ1) is 18.7. The maximum atomic E-state index is 12.9. The molecule has 0 bridgehead atoms. The molecular weight excluding hydrogens is 332 g/mol. The van der Waals surface area contributed by atoms with Crippen molar-refractivity contribution in [2.24, 2.45) is 5.92 Å². The summed E-state index contributed by atoms with van der Waals surface area (Å²) in [5, 5.41) is 0. The summed E-state index contributed by atoms with van der Waals surface area (Å²) in [5.41, 5.74) is 0.905. The van der Waals surface area contributed by atoms with Crippen LogP contribution in [0.2, 0.25) is 0 Å². The highest BCUT2D eigenvalue weighted by molar-refractivity contribution is 5.95. The molecule has 0 saturated carbocycles. The molecule has 0 fully saturated rings. The third-order valence-electron chi connectivity index (χ3n) is 3.56. The Morgan fingerprint density at radius 3 is 2.24 bits per heavy atom. The molecule has 0 aliphatic carbocycles. The molecule has 1 atom stereocenters. The lowest BCUT2D eigenvalue weighted by Crippen LogP contribution is -2.15. The minimum absolute atomic E-state index is 0.00441. The zero-order chi connectivity index (χ0) is 18.3. The smallest absolute Gasteiger partial charge is 0.294 e. The molecule has 0 aliphatic rings. The van der Waals surface area contributed by atoms with Gasteiger partial charge in [-0.2, -0.15) is 13.2 Å². The lowest BCUT2D eigenvalue weighted by molar-refractivity contribution is -0.140. The monoisotopic (exact) mass is 348 g/mol. The zero-order valence-electron chi connectivity index (χ0n) is 13.3. The Balaban J connectivity index is 2.04. The van der Waals surface area contributed by atoms with E-state index in [1.54, 1.807) is 30.3 Å². The molecule has 2 rings (SSSR count). The second-order valence-corrected chi connectivity index (χ2v) is 5.62. The Kier molecular flexibility index (Phi) is 6.35. The third kappa shape index (κ3) is 6.80. The fraction of sp³-hybridized carbons (Fsp3) is 0.250. The quantitative estimate of drug-likeness (QED) is 0.401. The molecule has 0 saturated heterocycles. The van der Waals surface area contributed by atoms with Crippen LogP contribution in [0.5, 0.6) is 0 Å². The molecule has 0 aromatic heterocycles. The number of halogens is 4. The Morgan fingerprint density at radius 2 is 1.64 bits per heavy atom. The van der Waals surface area contributed by atoms with Crippen LogP contribution in [0.3, 0.4) is 0 Å². The van der Waals surface area contributed by atoms with E-state index in [0.29, 0.717) is 5.56 Å². The Labute approximate surface area is 143 Å². The van der Waals surface area contributed by atoms with Gasteiger partial charge in [0.25, 0.3) is 0 Å². The van der Waals surface area contributed by atoms with Crippen LogP contribution in [0, 0.1) is 23.6 Å². The lowest BCUT2D eigenvalue weighted by atomic mass is 9.95. The van der Waals surface area contributed by atoms with E-state index in [1.165, 1.54) is 12.1 Å². The Bertz CT molecular complexity index is 752. The van der Waals surface area contributed by atoms with E-state index in [2.05, 4.69) is 11.8 Å². The van der Waals surface area contributed by atoms with Gasteiger partial charge in [0.2, 0.25) is 0 Å². The highest BCUT2D eigenvalue weighted by Crippen LogP contribution is 2.27. The molecule has 1 nitrogen and oxygen atoms in total. The van der Waals surface area contributed by atoms with Crippen LogP contribution in [0.4, 0.5) is 17.6 Å². The number of alkyl halides is 3. The van der Waals surface area contributed by atoms with E-state index >= 15 is 0 Å². The van der Waals surface area contributed by atoms with Crippen molar-refractivity contribution >= 4 is 5.78 Å². The highest BCUT2D eigenvalue weighted by Gasteiger charge is 2.31. The van der Waals surface area contributed by atoms with Crippen molar-refractivity contribution in [3.63, 3.8) is 0 Å². The topological polar surface area (TPSA) is 17.1 Å². The summed E-state index contributed by atoms with van der Waals surface area (Å²) in [4.78, 5) is 12.0. The molecular formula is C20H16F4O. The van der Waals surface area contributed by atoms with Crippen LogP contribution in [0.1, 0.15) is 35.2 Å². The number of ketones is 1. The van der Waals surface area contributed by atoms with Crippen LogP contribution in [-0.4, -0.2) is 12.0 Å². The molecule has 2 aromatic rings. The number of rotatable bonds is 5. The van der Waals surface area contributed by atoms with E-state index < -0.39 is 24.3 Å². The second kappa shape index (κ2) is 8.48. The van der Waals surface area contributed by atoms with Gasteiger partial charge in [0.05, 0.1) is 6.42 Å². The molecule has 0 radical (unpaired) electrons. The maximum Gasteiger partial charge on any atom is 0.390 e. The first-order chi connectivity index (χ1) is 11.8. The predicted molar refractivity (Wildman–Crippen MR) is 87.4 cm³/mol. The fourth-order valence-electron chi connectivity index (χ4n) is 2.30. The van der Waals surface area contributed by atoms with Gasteiger partial charge in [-0.05, 0) is 42.8 Å². The molecule has 0 aliphatic heterocycles. The van der Waals surface area contributed by atoms with Crippen LogP contribution >= 0.6 is 0 Å². The maximum absolute atomic E-state index is 12.9. The summed E-state index contributed by atoms with van der Waals surface area (Å²) in [7, 11) is 0. The van der Waals surface area contributed by atoms with Gasteiger partial charge < -0.3 is 0 Å². The summed E-state index contributed by atoms with van der Waals surface area (Å²) >= 11 is 0. The molecule has 0 heterocycles. The zero-order valence-corrected chi connectivity index (χ0v) is 13.3. The van der Waals surface area contributed by atoms with Crippen molar-refractivity contribution in [1.82, 2.24) is 0 Å². The minimum Gasteiger partial charge on any atom is -0.294 e. The molecule has 2 aromatic carbocycles. The van der Waals surface area contributed by atoms with E-state index in [0.717, 1.165) is 12.1 Å². The van der Waals surface area contributed by atoms with Gasteiger partial charge in [-0.1, -0.05) is 30.0 Å². The summed E-state index contributed by atoms with van der Waals surface area (Å²) in [6.07, 6.45) is -5.50. The molecule has 130 valence electrons. The largest absolute Gasteiger partial charge is 0.390 e. The van der Waals surface area contributed by atoms with Crippen LogP contribution in [0.15, 0.2) is 54.6 Å². The number of benzene rings is 2. The molecule has 1 unspecified atom stereocenters. The molecule has 0 spiro atoms. The van der Waals surface area contributed by atoms with Gasteiger partial charge >= 0.3 is 6.18 Å². The number of carbonyl (C=O) groups excluding carboxylic acids is 1. The van der Waals surface area contributed by atoms with Crippen LogP contribution in [0.25, 0.3) is 0 Å². The van der Waals surface area contributed by atoms with Gasteiger partial charge in [0.15, 0.2) is 5.78 Å². The summed E-state index contributed by atoms with van der Waals surface area (Å²) in [6, 6.07) is 13.7. The second-order valence-electron chi connectivity index (χ2n) is 5.62. The van der Waals surface area contributed by atoms with Gasteiger partial charge in [0, 0.05) is 23.5 Å². The van der Waals surface area contributed by atoms with Gasteiger partial charge in [0.1, 0.15) is 5.82 Å². The van der Waals surface area contributed by atoms with Crippen molar-refractivity contribution in [3.05, 3.63) is 71.5 Å². The van der Waals surface area contributed by atoms with E-state index in [9.17, 15) is 22.4 Å². The number of carbonyl (C=O) groups is 1. The van der Waals surface area contributed by atoms with E-state index in [1.807, 2.05) is 0 Å². The van der Waals surface area contributed by atoms with Crippen molar-refractivity contribution < 1.29 is 22.4 Å². The van der Waals surface area contributed by atoms with Gasteiger partial charge in [-0.15, -0.1) is 0 Å². The van der Waals surface area contributed by atoms with Crippen molar-refractivity contribution in [2.45, 2.75) is 25.4 Å². The van der Waals surface area contributed by atoms with Crippen LogP contribution in [-0.2, 0) is 0 Å². The third-order valence-corrected chi connectivity index (χ3v) is 3.56. The highest BCUT2D eigenvalue weighted by atomic mass is 19.4. The SMILES string of the molecule is O=C(CCC(C#Cc1ccccc1)CC(F)(F)F)c1ccc(F)cc1. The number of hydrogen-bond donors (Lipinski definition) is 0. The Morgan fingerprint density at radius 1 is 1.00 bits per heavy atom. The minimum atomic E-state index is -4.35. The molecule has 0 amide bonds. The summed E-state index contributed by atoms with van der Waals surface area (Å²) < 4.78 is 51.0. The first-order valence-corrected chi connectivity index (χ1v) is 7.75. The summed E-state index contributed by atoms with van der Waals surface area (Å²) in [6.45, 7) is 0. The summed E-state index contributed by atoms with van der Waals surface area (Å²) in [5.74, 6) is 3.59. The van der Waals surface area contributed by atoms with Gasteiger partial charge in [-0.25, -0.2) is 4.39 Å². The predicted octanol–water partition coefficient (Wildman–Crippen LogP) is 5.41. The van der Waals surface area contributed by atoms with E-state index in [-0.39, 0.29) is 24.2 Å². The molecule has 25 heavy (non-hydrogen) atoms. The normalized spacial score (nSPS) is 12.2. The van der Waals surface area contributed by atoms with E-state index in [4.69, 9.17) is 0 Å². The molecule has 5 heteroatoms. The van der Waals surface area contributed by atoms with Crippen LogP contribution < -0.4 is 0 Å². The number of Topliss-reactive ketones (excluding diaryl/α,β-unsaturated/α-hetero) is 1. The van der Waals surface area contributed by atoms with Crippen molar-refractivity contribution in [3.8, 4) is 11.8 Å². The lowest BCUT2D eigenvalue weighted by Gasteiger charge is -2.13. The standard InChI is InChI=1S/C20H16F4O/c21-18-11-9-17(10-12-18)19(25)13-8-16(14-20(22,23)24)7-6-15-4-2-1-3-5-15/h1-5,9-12,16H,8,13-14H2. The van der Waals surface area contributed by atoms with Gasteiger partial charge in [-0.3, -0.25) is 4.79 Å². The van der Waals surface area contributed by atoms with Crippen molar-refractivity contribution in [1.29, 1.82) is 0 Å². The number of hydrogen-bond acceptors (Lipinski definition) is 1. The first-order valence-electron chi connectivity index (χ1n) is 7.75. The fourth-order valence-corrected chi connectivity index (χ4v) is 2.30. The molecule has 0 N–H and O–H groups in total. The average molecular weight is 348 g/mol. The average Bonchev–Trinajstić information content (AvgIpc) is 2.57. The van der Waals surface area contributed by atoms with Crippen molar-refractivity contribution in [2.75, 3.05) is 0 Å².